The lowest BCUT2D eigenvalue weighted by Gasteiger charge is -2.09. The van der Waals surface area contributed by atoms with Crippen LogP contribution in [0.1, 0.15) is 13.8 Å². The van der Waals surface area contributed by atoms with E-state index in [4.69, 9.17) is 4.74 Å². The number of hydrogen-bond donors (Lipinski definition) is 3. The minimum atomic E-state index is -0.732. The van der Waals surface area contributed by atoms with Gasteiger partial charge in [0, 0.05) is 5.69 Å². The van der Waals surface area contributed by atoms with Crippen molar-refractivity contribution < 1.29 is 9.53 Å². The van der Waals surface area contributed by atoms with Gasteiger partial charge >= 0.3 is 11.1 Å². The maximum absolute atomic E-state index is 11.6. The SMILES string of the molecule is CC(C)OCC(=O)Nc1ccc2[nH]c(=O)c(=O)[nH]c2c1. The average molecular weight is 277 g/mol. The second-order valence-corrected chi connectivity index (χ2v) is 4.58. The largest absolute Gasteiger partial charge is 0.369 e. The smallest absolute Gasteiger partial charge is 0.314 e. The summed E-state index contributed by atoms with van der Waals surface area (Å²) in [4.78, 5) is 38.9. The summed E-state index contributed by atoms with van der Waals surface area (Å²) in [6.45, 7) is 3.63. The van der Waals surface area contributed by atoms with Gasteiger partial charge in [-0.25, -0.2) is 0 Å². The Labute approximate surface area is 114 Å². The zero-order chi connectivity index (χ0) is 14.7. The quantitative estimate of drug-likeness (QED) is 0.711. The van der Waals surface area contributed by atoms with Crippen molar-refractivity contribution in [3.63, 3.8) is 0 Å². The molecule has 0 unspecified atom stereocenters. The number of anilines is 1. The third kappa shape index (κ3) is 3.33. The van der Waals surface area contributed by atoms with Crippen LogP contribution in [0.2, 0.25) is 0 Å². The van der Waals surface area contributed by atoms with E-state index in [0.717, 1.165) is 0 Å². The number of aromatic amines is 2. The Kier molecular flexibility index (Phi) is 3.99. The maximum Gasteiger partial charge on any atom is 0.314 e. The molecule has 20 heavy (non-hydrogen) atoms. The Hall–Kier alpha value is -2.41. The van der Waals surface area contributed by atoms with Gasteiger partial charge in [0.05, 0.1) is 17.1 Å². The summed E-state index contributed by atoms with van der Waals surface area (Å²) in [5.74, 6) is -0.287. The first kappa shape index (κ1) is 14.0. The van der Waals surface area contributed by atoms with Crippen molar-refractivity contribution in [2.75, 3.05) is 11.9 Å². The molecule has 1 aromatic heterocycles. The lowest BCUT2D eigenvalue weighted by Crippen LogP contribution is -2.29. The second kappa shape index (κ2) is 5.70. The first-order chi connectivity index (χ1) is 9.45. The molecule has 2 rings (SSSR count). The fourth-order valence-corrected chi connectivity index (χ4v) is 1.63. The van der Waals surface area contributed by atoms with E-state index in [0.29, 0.717) is 16.7 Å². The Bertz CT molecular complexity index is 745. The molecule has 0 saturated heterocycles. The number of benzene rings is 1. The van der Waals surface area contributed by atoms with Crippen LogP contribution in [0.5, 0.6) is 0 Å². The van der Waals surface area contributed by atoms with Crippen molar-refractivity contribution >= 4 is 22.6 Å². The van der Waals surface area contributed by atoms with Crippen molar-refractivity contribution in [1.82, 2.24) is 9.97 Å². The lowest BCUT2D eigenvalue weighted by atomic mass is 10.2. The summed E-state index contributed by atoms with van der Waals surface area (Å²) in [7, 11) is 0. The van der Waals surface area contributed by atoms with Crippen LogP contribution in [0.25, 0.3) is 11.0 Å². The highest BCUT2D eigenvalue weighted by Gasteiger charge is 2.06. The van der Waals surface area contributed by atoms with Crippen molar-refractivity contribution in [3.05, 3.63) is 38.9 Å². The summed E-state index contributed by atoms with van der Waals surface area (Å²) < 4.78 is 5.18. The number of aromatic nitrogens is 2. The van der Waals surface area contributed by atoms with Crippen molar-refractivity contribution in [1.29, 1.82) is 0 Å². The molecule has 7 nitrogen and oxygen atoms in total. The van der Waals surface area contributed by atoms with Crippen molar-refractivity contribution in [2.45, 2.75) is 20.0 Å². The van der Waals surface area contributed by atoms with E-state index < -0.39 is 11.1 Å². The van der Waals surface area contributed by atoms with Crippen LogP contribution in [0, 0.1) is 0 Å². The zero-order valence-electron chi connectivity index (χ0n) is 11.1. The van der Waals surface area contributed by atoms with Gasteiger partial charge in [-0.2, -0.15) is 0 Å². The molecule has 3 N–H and O–H groups in total. The van der Waals surface area contributed by atoms with Crippen LogP contribution < -0.4 is 16.4 Å². The van der Waals surface area contributed by atoms with Crippen LogP contribution in [-0.2, 0) is 9.53 Å². The van der Waals surface area contributed by atoms with Gasteiger partial charge in [-0.15, -0.1) is 0 Å². The van der Waals surface area contributed by atoms with E-state index in [-0.39, 0.29) is 18.6 Å². The van der Waals surface area contributed by atoms with Gasteiger partial charge in [-0.3, -0.25) is 14.4 Å². The maximum atomic E-state index is 11.6. The fraction of sp³-hybridized carbons (Fsp3) is 0.308. The molecule has 0 saturated carbocycles. The molecule has 1 heterocycles. The van der Waals surface area contributed by atoms with E-state index >= 15 is 0 Å². The molecule has 0 atom stereocenters. The minimum absolute atomic E-state index is 0.0289. The Morgan fingerprint density at radius 2 is 1.85 bits per heavy atom. The number of amides is 1. The van der Waals surface area contributed by atoms with E-state index in [2.05, 4.69) is 15.3 Å². The molecular formula is C13H15N3O4. The predicted molar refractivity (Wildman–Crippen MR) is 74.9 cm³/mol. The van der Waals surface area contributed by atoms with Crippen molar-refractivity contribution in [2.24, 2.45) is 0 Å². The average Bonchev–Trinajstić information content (AvgIpc) is 2.38. The van der Waals surface area contributed by atoms with Crippen LogP contribution in [0.15, 0.2) is 27.8 Å². The first-order valence-corrected chi connectivity index (χ1v) is 6.13. The van der Waals surface area contributed by atoms with Gasteiger partial charge in [-0.1, -0.05) is 0 Å². The Morgan fingerprint density at radius 1 is 1.20 bits per heavy atom. The molecule has 0 fully saturated rings. The van der Waals surface area contributed by atoms with Gasteiger partial charge in [0.2, 0.25) is 5.91 Å². The summed E-state index contributed by atoms with van der Waals surface area (Å²) in [5, 5.41) is 2.65. The molecule has 106 valence electrons. The molecular weight excluding hydrogens is 262 g/mol. The number of rotatable bonds is 4. The first-order valence-electron chi connectivity index (χ1n) is 6.13. The van der Waals surface area contributed by atoms with Crippen LogP contribution in [0.4, 0.5) is 5.69 Å². The number of nitrogens with one attached hydrogen (secondary N) is 3. The molecule has 0 aliphatic carbocycles. The number of fused-ring (bicyclic) bond motifs is 1. The van der Waals surface area contributed by atoms with Gasteiger partial charge in [0.25, 0.3) is 0 Å². The molecule has 0 spiro atoms. The highest BCUT2D eigenvalue weighted by molar-refractivity contribution is 5.93. The minimum Gasteiger partial charge on any atom is -0.369 e. The second-order valence-electron chi connectivity index (χ2n) is 4.58. The summed E-state index contributed by atoms with van der Waals surface area (Å²) in [6, 6.07) is 4.80. The highest BCUT2D eigenvalue weighted by atomic mass is 16.5. The molecule has 1 amide bonds. The third-order valence-electron chi connectivity index (χ3n) is 2.55. The van der Waals surface area contributed by atoms with E-state index in [1.54, 1.807) is 18.2 Å². The van der Waals surface area contributed by atoms with E-state index in [1.807, 2.05) is 13.8 Å². The highest BCUT2D eigenvalue weighted by Crippen LogP contribution is 2.13. The number of carbonyl (C=O) groups excluding carboxylic acids is 1. The predicted octanol–water partition coefficient (Wildman–Crippen LogP) is 0.580. The summed E-state index contributed by atoms with van der Waals surface area (Å²) >= 11 is 0. The van der Waals surface area contributed by atoms with Crippen LogP contribution in [0.3, 0.4) is 0 Å². The molecule has 0 aliphatic rings. The molecule has 0 bridgehead atoms. The normalized spacial score (nSPS) is 10.9. The fourth-order valence-electron chi connectivity index (χ4n) is 1.63. The van der Waals surface area contributed by atoms with E-state index in [1.165, 1.54) is 0 Å². The molecule has 1 aromatic carbocycles. The number of H-pyrrole nitrogens is 2. The van der Waals surface area contributed by atoms with Gasteiger partial charge in [0.1, 0.15) is 6.61 Å². The lowest BCUT2D eigenvalue weighted by molar-refractivity contribution is -0.121. The molecule has 0 aliphatic heterocycles. The topological polar surface area (TPSA) is 104 Å². The molecule has 2 aromatic rings. The Balaban J connectivity index is 2.19. The monoisotopic (exact) mass is 277 g/mol. The Morgan fingerprint density at radius 3 is 2.50 bits per heavy atom. The standard InChI is InChI=1S/C13H15N3O4/c1-7(2)20-6-11(17)14-8-3-4-9-10(5-8)16-13(19)12(18)15-9/h3-5,7H,6H2,1-2H3,(H,14,17)(H,15,18)(H,16,19). The van der Waals surface area contributed by atoms with Gasteiger partial charge < -0.3 is 20.0 Å². The summed E-state index contributed by atoms with van der Waals surface area (Å²) in [5.41, 5.74) is 0.00417. The van der Waals surface area contributed by atoms with Crippen molar-refractivity contribution in [3.8, 4) is 0 Å². The number of hydrogen-bond acceptors (Lipinski definition) is 4. The molecule has 0 radical (unpaired) electrons. The van der Waals surface area contributed by atoms with Gasteiger partial charge in [0.15, 0.2) is 0 Å². The zero-order valence-corrected chi connectivity index (χ0v) is 11.1. The van der Waals surface area contributed by atoms with Crippen LogP contribution in [-0.4, -0.2) is 28.6 Å². The van der Waals surface area contributed by atoms with Crippen LogP contribution >= 0.6 is 0 Å². The summed E-state index contributed by atoms with van der Waals surface area (Å²) in [6.07, 6.45) is -0.0289. The van der Waals surface area contributed by atoms with Gasteiger partial charge in [-0.05, 0) is 32.0 Å². The number of ether oxygens (including phenoxy) is 1. The van der Waals surface area contributed by atoms with E-state index in [9.17, 15) is 14.4 Å². The molecule has 7 heteroatoms. The number of carbonyl (C=O) groups is 1. The third-order valence-corrected chi connectivity index (χ3v) is 2.55.